The van der Waals surface area contributed by atoms with Crippen molar-refractivity contribution in [2.45, 2.75) is 6.92 Å². The van der Waals surface area contributed by atoms with Crippen LogP contribution in [0, 0.1) is 12.7 Å². The van der Waals surface area contributed by atoms with Gasteiger partial charge in [0, 0.05) is 6.07 Å². The molecule has 0 fully saturated rings. The minimum Gasteiger partial charge on any atom is -0.462 e. The van der Waals surface area contributed by atoms with Crippen molar-refractivity contribution in [3.8, 4) is 0 Å². The van der Waals surface area contributed by atoms with Crippen LogP contribution in [0.4, 0.5) is 4.39 Å². The summed E-state index contributed by atoms with van der Waals surface area (Å²) >= 11 is 1.53. The summed E-state index contributed by atoms with van der Waals surface area (Å²) in [5.74, 6) is 1.41. The maximum absolute atomic E-state index is 13.0. The van der Waals surface area contributed by atoms with E-state index in [2.05, 4.69) is 4.98 Å². The molecule has 0 radical (unpaired) electrons. The van der Waals surface area contributed by atoms with Gasteiger partial charge in [0.2, 0.25) is 0 Å². The number of thiazole rings is 1. The Kier molecular flexibility index (Phi) is 2.72. The number of fused-ring (bicyclic) bond motifs is 1. The molecule has 0 aliphatic carbocycles. The highest BCUT2D eigenvalue weighted by molar-refractivity contribution is 7.19. The Balaban J connectivity index is 1.93. The molecule has 0 atom stereocenters. The zero-order valence-electron chi connectivity index (χ0n) is 9.68. The van der Waals surface area contributed by atoms with Gasteiger partial charge in [0.15, 0.2) is 0 Å². The van der Waals surface area contributed by atoms with Crippen LogP contribution in [0.2, 0.25) is 0 Å². The lowest BCUT2D eigenvalue weighted by Crippen LogP contribution is -1.72. The first-order valence-electron chi connectivity index (χ1n) is 5.51. The Morgan fingerprint density at radius 2 is 2.11 bits per heavy atom. The normalized spacial score (nSPS) is 11.7. The molecule has 3 rings (SSSR count). The van der Waals surface area contributed by atoms with E-state index >= 15 is 0 Å². The second kappa shape index (κ2) is 4.38. The summed E-state index contributed by atoms with van der Waals surface area (Å²) < 4.78 is 19.4. The molecule has 0 aliphatic heterocycles. The van der Waals surface area contributed by atoms with E-state index in [0.717, 1.165) is 21.2 Å². The number of rotatable bonds is 2. The van der Waals surface area contributed by atoms with E-state index in [1.54, 1.807) is 6.07 Å². The lowest BCUT2D eigenvalue weighted by atomic mass is 10.3. The van der Waals surface area contributed by atoms with E-state index in [1.165, 1.54) is 23.5 Å². The van der Waals surface area contributed by atoms with Gasteiger partial charge in [0.05, 0.1) is 10.2 Å². The molecule has 0 saturated carbocycles. The van der Waals surface area contributed by atoms with Gasteiger partial charge in [-0.2, -0.15) is 0 Å². The van der Waals surface area contributed by atoms with Gasteiger partial charge in [0.25, 0.3) is 0 Å². The smallest absolute Gasteiger partial charge is 0.127 e. The van der Waals surface area contributed by atoms with Crippen molar-refractivity contribution in [2.75, 3.05) is 0 Å². The minimum absolute atomic E-state index is 0.259. The molecule has 0 unspecified atom stereocenters. The van der Waals surface area contributed by atoms with Gasteiger partial charge >= 0.3 is 0 Å². The number of aryl methyl sites for hydroxylation is 1. The van der Waals surface area contributed by atoms with Crippen molar-refractivity contribution in [3.63, 3.8) is 0 Å². The van der Waals surface area contributed by atoms with Crippen LogP contribution in [0.1, 0.15) is 16.5 Å². The lowest BCUT2D eigenvalue weighted by molar-refractivity contribution is 0.525. The molecule has 1 aromatic carbocycles. The van der Waals surface area contributed by atoms with Gasteiger partial charge in [0.1, 0.15) is 22.3 Å². The molecule has 3 aromatic rings. The van der Waals surface area contributed by atoms with E-state index in [-0.39, 0.29) is 5.82 Å². The van der Waals surface area contributed by atoms with Gasteiger partial charge in [-0.1, -0.05) is 0 Å². The van der Waals surface area contributed by atoms with Crippen molar-refractivity contribution in [1.82, 2.24) is 4.98 Å². The fourth-order valence-corrected chi connectivity index (χ4v) is 2.54. The molecule has 0 N–H and O–H groups in total. The molecule has 0 amide bonds. The van der Waals surface area contributed by atoms with Gasteiger partial charge in [-0.15, -0.1) is 11.3 Å². The fraction of sp³-hybridized carbons (Fsp3) is 0.0714. The number of furan rings is 1. The summed E-state index contributed by atoms with van der Waals surface area (Å²) in [5.41, 5.74) is 0.690. The lowest BCUT2D eigenvalue weighted by Gasteiger charge is -1.85. The first-order valence-corrected chi connectivity index (χ1v) is 6.33. The third kappa shape index (κ3) is 2.19. The predicted molar refractivity (Wildman–Crippen MR) is 72.0 cm³/mol. The Morgan fingerprint density at radius 1 is 1.22 bits per heavy atom. The van der Waals surface area contributed by atoms with E-state index < -0.39 is 0 Å². The van der Waals surface area contributed by atoms with Crippen LogP contribution < -0.4 is 0 Å². The van der Waals surface area contributed by atoms with Crippen LogP contribution in [0.3, 0.4) is 0 Å². The third-order valence-corrected chi connectivity index (χ3v) is 3.52. The molecule has 0 spiro atoms. The Morgan fingerprint density at radius 3 is 2.89 bits per heavy atom. The molecule has 18 heavy (non-hydrogen) atoms. The van der Waals surface area contributed by atoms with Gasteiger partial charge in [-0.05, 0) is 43.3 Å². The molecular formula is C14H10FNOS. The van der Waals surface area contributed by atoms with Crippen LogP contribution in [-0.4, -0.2) is 4.98 Å². The van der Waals surface area contributed by atoms with Crippen molar-refractivity contribution < 1.29 is 8.81 Å². The summed E-state index contributed by atoms with van der Waals surface area (Å²) in [4.78, 5) is 4.35. The van der Waals surface area contributed by atoms with Crippen molar-refractivity contribution in [3.05, 3.63) is 52.7 Å². The molecule has 0 saturated heterocycles. The molecule has 2 aromatic heterocycles. The first kappa shape index (κ1) is 11.2. The first-order chi connectivity index (χ1) is 8.70. The highest BCUT2D eigenvalue weighted by Crippen LogP contribution is 2.24. The van der Waals surface area contributed by atoms with Crippen LogP contribution in [0.15, 0.2) is 34.7 Å². The number of benzene rings is 1. The Bertz CT molecular complexity index is 726. The molecule has 90 valence electrons. The molecule has 0 bridgehead atoms. The Hall–Kier alpha value is -1.94. The molecule has 2 nitrogen and oxygen atoms in total. The average Bonchev–Trinajstić information content (AvgIpc) is 2.92. The number of nitrogens with zero attached hydrogens (tertiary/aromatic N) is 1. The summed E-state index contributed by atoms with van der Waals surface area (Å²) in [5, 5.41) is 0.838. The predicted octanol–water partition coefficient (Wildman–Crippen LogP) is 4.51. The average molecular weight is 259 g/mol. The van der Waals surface area contributed by atoms with E-state index in [1.807, 2.05) is 31.2 Å². The monoisotopic (exact) mass is 259 g/mol. The topological polar surface area (TPSA) is 26.0 Å². The molecule has 0 aliphatic rings. The molecule has 2 heterocycles. The third-order valence-electron chi connectivity index (χ3n) is 2.52. The van der Waals surface area contributed by atoms with Crippen molar-refractivity contribution >= 4 is 33.7 Å². The van der Waals surface area contributed by atoms with Crippen LogP contribution >= 0.6 is 11.3 Å². The number of hydrogen-bond donors (Lipinski definition) is 0. The van der Waals surface area contributed by atoms with E-state index in [0.29, 0.717) is 5.52 Å². The summed E-state index contributed by atoms with van der Waals surface area (Å²) in [6, 6.07) is 8.45. The molecule has 4 heteroatoms. The Labute approximate surface area is 107 Å². The second-order valence-corrected chi connectivity index (χ2v) is 5.01. The quantitative estimate of drug-likeness (QED) is 0.677. The van der Waals surface area contributed by atoms with Crippen LogP contribution in [0.25, 0.3) is 22.4 Å². The van der Waals surface area contributed by atoms with Gasteiger partial charge in [-0.3, -0.25) is 0 Å². The van der Waals surface area contributed by atoms with E-state index in [4.69, 9.17) is 4.42 Å². The zero-order chi connectivity index (χ0) is 12.5. The zero-order valence-corrected chi connectivity index (χ0v) is 10.5. The fourth-order valence-electron chi connectivity index (χ4n) is 1.69. The van der Waals surface area contributed by atoms with Crippen LogP contribution in [-0.2, 0) is 0 Å². The van der Waals surface area contributed by atoms with Gasteiger partial charge in [-0.25, -0.2) is 9.37 Å². The summed E-state index contributed by atoms with van der Waals surface area (Å²) in [6.07, 6.45) is 3.74. The van der Waals surface area contributed by atoms with E-state index in [9.17, 15) is 4.39 Å². The number of hydrogen-bond acceptors (Lipinski definition) is 3. The van der Waals surface area contributed by atoms with Crippen LogP contribution in [0.5, 0.6) is 0 Å². The largest absolute Gasteiger partial charge is 0.462 e. The minimum atomic E-state index is -0.259. The maximum atomic E-state index is 13.0. The van der Waals surface area contributed by atoms with Crippen molar-refractivity contribution in [1.29, 1.82) is 0 Å². The van der Waals surface area contributed by atoms with Gasteiger partial charge < -0.3 is 4.42 Å². The standard InChI is InChI=1S/C14H10FNOS/c1-9-2-4-11(17-9)5-7-14-16-12-8-10(15)3-6-13(12)18-14/h2-8H,1H3/b7-5+. The maximum Gasteiger partial charge on any atom is 0.127 e. The highest BCUT2D eigenvalue weighted by Gasteiger charge is 2.02. The highest BCUT2D eigenvalue weighted by atomic mass is 32.1. The van der Waals surface area contributed by atoms with Crippen molar-refractivity contribution in [2.24, 2.45) is 0 Å². The summed E-state index contributed by atoms with van der Waals surface area (Å²) in [7, 11) is 0. The number of aromatic nitrogens is 1. The molecular weight excluding hydrogens is 249 g/mol. The SMILES string of the molecule is Cc1ccc(/C=C/c2nc3cc(F)ccc3s2)o1. The summed E-state index contributed by atoms with van der Waals surface area (Å²) in [6.45, 7) is 1.90. The second-order valence-electron chi connectivity index (χ2n) is 3.95. The number of halogens is 1.